The zero-order valence-electron chi connectivity index (χ0n) is 7.90. The van der Waals surface area contributed by atoms with Crippen LogP contribution in [0.15, 0.2) is 18.1 Å². The number of nitrogens with zero attached hydrogens (tertiary/aromatic N) is 1. The summed E-state index contributed by atoms with van der Waals surface area (Å²) in [5, 5.41) is 8.42. The molecule has 0 aliphatic heterocycles. The second-order valence-electron chi connectivity index (χ2n) is 1.59. The Kier molecular flexibility index (Phi) is 0.996. The van der Waals surface area contributed by atoms with E-state index in [1.54, 1.807) is 6.07 Å². The minimum atomic E-state index is -0.355. The van der Waals surface area contributed by atoms with Gasteiger partial charge >= 0.3 is 0 Å². The largest absolute Gasteiger partial charge is 0.397 e. The van der Waals surface area contributed by atoms with Crippen LogP contribution in [0.5, 0.6) is 0 Å². The SMILES string of the molecule is [2H]c1c([2H])c(C#N)c([2H])c(N)c1Cl. The highest BCUT2D eigenvalue weighted by Gasteiger charge is 1.95. The summed E-state index contributed by atoms with van der Waals surface area (Å²) < 4.78 is 21.9. The van der Waals surface area contributed by atoms with Crippen LogP contribution in [0.4, 0.5) is 5.69 Å². The van der Waals surface area contributed by atoms with Crippen molar-refractivity contribution in [3.63, 3.8) is 0 Å². The maximum atomic E-state index is 8.57. The minimum absolute atomic E-state index is 0.126. The first kappa shape index (κ1) is 3.85. The lowest BCUT2D eigenvalue weighted by Gasteiger charge is -1.94. The molecule has 3 heteroatoms. The lowest BCUT2D eigenvalue weighted by Crippen LogP contribution is -1.86. The van der Waals surface area contributed by atoms with Crippen LogP contribution in [-0.4, -0.2) is 0 Å². The molecule has 1 aromatic rings. The van der Waals surface area contributed by atoms with Crippen LogP contribution in [0.3, 0.4) is 0 Å². The third-order valence-electron chi connectivity index (χ3n) is 0.905. The van der Waals surface area contributed by atoms with Gasteiger partial charge in [-0.3, -0.25) is 0 Å². The fourth-order valence-corrected chi connectivity index (χ4v) is 0.556. The standard InChI is InChI=1S/C7H5ClN2/c8-6-2-1-5(4-9)3-7(6)10/h1-3H,10H2/i1D,2D,3D. The van der Waals surface area contributed by atoms with Gasteiger partial charge in [-0.1, -0.05) is 11.6 Å². The monoisotopic (exact) mass is 155 g/mol. The zero-order chi connectivity index (χ0) is 10.2. The van der Waals surface area contributed by atoms with Crippen LogP contribution in [-0.2, 0) is 0 Å². The summed E-state index contributed by atoms with van der Waals surface area (Å²) in [6.45, 7) is 0. The van der Waals surface area contributed by atoms with E-state index in [9.17, 15) is 0 Å². The van der Waals surface area contributed by atoms with Crippen molar-refractivity contribution >= 4 is 17.3 Å². The van der Waals surface area contributed by atoms with Gasteiger partial charge in [0.25, 0.3) is 0 Å². The first-order valence-electron chi connectivity index (χ1n) is 3.95. The van der Waals surface area contributed by atoms with E-state index in [1.807, 2.05) is 0 Å². The highest BCUT2D eigenvalue weighted by Crippen LogP contribution is 2.18. The van der Waals surface area contributed by atoms with E-state index in [4.69, 9.17) is 26.7 Å². The summed E-state index contributed by atoms with van der Waals surface area (Å²) in [5.41, 5.74) is 5.01. The molecule has 2 nitrogen and oxygen atoms in total. The molecule has 2 N–H and O–H groups in total. The Hall–Kier alpha value is -1.20. The maximum absolute atomic E-state index is 8.57. The Balaban J connectivity index is 3.69. The maximum Gasteiger partial charge on any atom is 0.0992 e. The molecule has 1 aromatic carbocycles. The van der Waals surface area contributed by atoms with E-state index in [1.165, 1.54) is 0 Å². The van der Waals surface area contributed by atoms with Crippen molar-refractivity contribution < 1.29 is 4.11 Å². The molecule has 0 radical (unpaired) electrons. The topological polar surface area (TPSA) is 49.8 Å². The highest BCUT2D eigenvalue weighted by atomic mass is 35.5. The van der Waals surface area contributed by atoms with Crippen LogP contribution < -0.4 is 5.73 Å². The Labute approximate surface area is 68.0 Å². The van der Waals surface area contributed by atoms with Crippen LogP contribution in [0.25, 0.3) is 0 Å². The van der Waals surface area contributed by atoms with Crippen LogP contribution in [0.2, 0.25) is 5.02 Å². The molecule has 10 heavy (non-hydrogen) atoms. The molecule has 0 heterocycles. The third-order valence-corrected chi connectivity index (χ3v) is 1.20. The Morgan fingerprint density at radius 1 is 1.70 bits per heavy atom. The molecule has 50 valence electrons. The van der Waals surface area contributed by atoms with Gasteiger partial charge in [-0.2, -0.15) is 5.26 Å². The summed E-state index contributed by atoms with van der Waals surface area (Å²) in [5.74, 6) is 0. The number of hydrogen-bond acceptors (Lipinski definition) is 2. The second kappa shape index (κ2) is 2.59. The van der Waals surface area contributed by atoms with Gasteiger partial charge in [0.05, 0.1) is 26.5 Å². The number of nitrogens with two attached hydrogens (primary N) is 1. The van der Waals surface area contributed by atoms with Crippen molar-refractivity contribution in [2.45, 2.75) is 0 Å². The van der Waals surface area contributed by atoms with Gasteiger partial charge in [-0.25, -0.2) is 0 Å². The molecule has 0 fully saturated rings. The van der Waals surface area contributed by atoms with E-state index in [2.05, 4.69) is 0 Å². The van der Waals surface area contributed by atoms with Crippen molar-refractivity contribution in [2.75, 3.05) is 5.73 Å². The Morgan fingerprint density at radius 3 is 3.00 bits per heavy atom. The minimum Gasteiger partial charge on any atom is -0.397 e. The molecule has 0 aliphatic carbocycles. The summed E-state index contributed by atoms with van der Waals surface area (Å²) in [6, 6.07) is 0.687. The molecule has 0 saturated heterocycles. The van der Waals surface area contributed by atoms with Gasteiger partial charge in [0.1, 0.15) is 0 Å². The molecule has 0 aliphatic rings. The molecule has 0 atom stereocenters. The van der Waals surface area contributed by atoms with E-state index >= 15 is 0 Å². The van der Waals surface area contributed by atoms with Crippen LogP contribution in [0, 0.1) is 11.3 Å². The van der Waals surface area contributed by atoms with Gasteiger partial charge in [-0.15, -0.1) is 0 Å². The first-order chi connectivity index (χ1) is 6.00. The van der Waals surface area contributed by atoms with Crippen molar-refractivity contribution in [2.24, 2.45) is 0 Å². The molecule has 0 saturated carbocycles. The molecule has 0 spiro atoms. The average molecular weight is 156 g/mol. The number of halogens is 1. The number of anilines is 1. The zero-order valence-corrected chi connectivity index (χ0v) is 5.66. The molecule has 0 aromatic heterocycles. The summed E-state index contributed by atoms with van der Waals surface area (Å²) in [7, 11) is 0. The smallest absolute Gasteiger partial charge is 0.0992 e. The summed E-state index contributed by atoms with van der Waals surface area (Å²) >= 11 is 5.56. The lowest BCUT2D eigenvalue weighted by atomic mass is 10.2. The predicted molar refractivity (Wildman–Crippen MR) is 40.6 cm³/mol. The number of nitriles is 1. The Morgan fingerprint density at radius 2 is 2.40 bits per heavy atom. The Bertz CT molecular complexity index is 382. The quantitative estimate of drug-likeness (QED) is 0.581. The molecule has 1 rings (SSSR count). The van der Waals surface area contributed by atoms with Gasteiger partial charge < -0.3 is 5.73 Å². The van der Waals surface area contributed by atoms with Gasteiger partial charge in [0, 0.05) is 0 Å². The molecule has 0 amide bonds. The first-order valence-corrected chi connectivity index (χ1v) is 2.83. The normalized spacial score (nSPS) is 13.0. The second-order valence-corrected chi connectivity index (χ2v) is 1.97. The summed E-state index contributed by atoms with van der Waals surface area (Å²) in [6.07, 6.45) is 0. The van der Waals surface area contributed by atoms with E-state index in [-0.39, 0.29) is 34.4 Å². The molecular weight excluding hydrogens is 148 g/mol. The van der Waals surface area contributed by atoms with Gasteiger partial charge in [0.2, 0.25) is 0 Å². The number of hydrogen-bond donors (Lipinski definition) is 1. The fraction of sp³-hybridized carbons (Fsp3) is 0. The predicted octanol–water partition coefficient (Wildman–Crippen LogP) is 1.79. The van der Waals surface area contributed by atoms with E-state index in [0.29, 0.717) is 0 Å². The van der Waals surface area contributed by atoms with Crippen LogP contribution in [0.1, 0.15) is 9.68 Å². The number of nitrogen functional groups attached to an aromatic ring is 1. The highest BCUT2D eigenvalue weighted by molar-refractivity contribution is 6.33. The van der Waals surface area contributed by atoms with Gasteiger partial charge in [0.15, 0.2) is 0 Å². The van der Waals surface area contributed by atoms with Crippen molar-refractivity contribution in [3.8, 4) is 6.07 Å². The number of benzene rings is 1. The average Bonchev–Trinajstić information content (AvgIpc) is 2.13. The lowest BCUT2D eigenvalue weighted by molar-refractivity contribution is 1.48. The molecule has 0 unspecified atom stereocenters. The van der Waals surface area contributed by atoms with Crippen molar-refractivity contribution in [1.82, 2.24) is 0 Å². The molecular formula is C7H5ClN2. The summed E-state index contributed by atoms with van der Waals surface area (Å²) in [4.78, 5) is 0. The molecule has 0 bridgehead atoms. The van der Waals surface area contributed by atoms with E-state index in [0.717, 1.165) is 0 Å². The van der Waals surface area contributed by atoms with Crippen LogP contribution >= 0.6 is 11.6 Å². The van der Waals surface area contributed by atoms with Crippen molar-refractivity contribution in [1.29, 1.82) is 5.26 Å². The van der Waals surface area contributed by atoms with Crippen molar-refractivity contribution in [3.05, 3.63) is 28.7 Å². The number of rotatable bonds is 0. The van der Waals surface area contributed by atoms with Gasteiger partial charge in [-0.05, 0) is 18.1 Å². The van der Waals surface area contributed by atoms with E-state index < -0.39 is 0 Å². The third kappa shape index (κ3) is 1.20. The fourth-order valence-electron chi connectivity index (χ4n) is 0.461.